The van der Waals surface area contributed by atoms with Crippen LogP contribution in [0.25, 0.3) is 88.1 Å². The molecular weight excluding hydrogens is 707 g/mol. The highest BCUT2D eigenvalue weighted by Gasteiger charge is 2.24. The fourth-order valence-corrected chi connectivity index (χ4v) is 9.17. The summed E-state index contributed by atoms with van der Waals surface area (Å²) in [4.78, 5) is 2.31. The number of anilines is 3. The lowest BCUT2D eigenvalue weighted by molar-refractivity contribution is 0.673. The van der Waals surface area contributed by atoms with Gasteiger partial charge in [0.25, 0.3) is 0 Å². The molecule has 0 aliphatic rings. The first-order valence-corrected chi connectivity index (χ1v) is 19.8. The molecule has 272 valence electrons. The Bertz CT molecular complexity index is 3450. The molecule has 0 spiro atoms. The molecule has 0 saturated heterocycles. The van der Waals surface area contributed by atoms with Crippen molar-refractivity contribution in [2.75, 3.05) is 4.90 Å². The van der Waals surface area contributed by atoms with Crippen LogP contribution in [-0.4, -0.2) is 9.13 Å². The Morgan fingerprint density at radius 3 is 1.60 bits per heavy atom. The molecule has 9 aromatic carbocycles. The van der Waals surface area contributed by atoms with Gasteiger partial charge in [0, 0.05) is 60.9 Å². The van der Waals surface area contributed by atoms with Gasteiger partial charge in [-0.05, 0) is 96.6 Å². The minimum atomic E-state index is 0.888. The first-order chi connectivity index (χ1) is 28.8. The molecule has 0 amide bonds. The highest BCUT2D eigenvalue weighted by Crippen LogP contribution is 2.47. The summed E-state index contributed by atoms with van der Waals surface area (Å²) < 4.78 is 11.7. The maximum absolute atomic E-state index is 6.83. The third-order valence-electron chi connectivity index (χ3n) is 11.7. The summed E-state index contributed by atoms with van der Waals surface area (Å²) in [6.07, 6.45) is 0. The number of hydrogen-bond donors (Lipinski definition) is 0. The summed E-state index contributed by atoms with van der Waals surface area (Å²) >= 11 is 0. The van der Waals surface area contributed by atoms with Gasteiger partial charge in [-0.3, -0.25) is 0 Å². The molecule has 3 aromatic heterocycles. The van der Waals surface area contributed by atoms with E-state index in [9.17, 15) is 0 Å². The van der Waals surface area contributed by atoms with Crippen LogP contribution in [0.5, 0.6) is 0 Å². The summed E-state index contributed by atoms with van der Waals surface area (Å²) in [5, 5.41) is 6.96. The van der Waals surface area contributed by atoms with Crippen LogP contribution in [0.4, 0.5) is 17.1 Å². The van der Waals surface area contributed by atoms with Crippen LogP contribution in [0.3, 0.4) is 0 Å². The zero-order chi connectivity index (χ0) is 38.2. The van der Waals surface area contributed by atoms with Crippen molar-refractivity contribution in [3.05, 3.63) is 212 Å². The third kappa shape index (κ3) is 4.88. The zero-order valence-corrected chi connectivity index (χ0v) is 31.5. The van der Waals surface area contributed by atoms with Crippen LogP contribution in [0.2, 0.25) is 0 Å². The second-order valence-electron chi connectivity index (χ2n) is 14.9. The predicted octanol–water partition coefficient (Wildman–Crippen LogP) is 14.9. The molecule has 12 rings (SSSR count). The SMILES string of the molecule is c1ccc(N(c2ccccc2)c2ccc(-n3c4ccccc4c4c5oc6ccccc6c5cc(-c5ccc6c7ccccc7n(-c7ccccc7)c6c5)c43)cc2)cc1. The third-order valence-corrected chi connectivity index (χ3v) is 11.7. The van der Waals surface area contributed by atoms with Crippen LogP contribution < -0.4 is 4.90 Å². The number of aromatic nitrogens is 2. The predicted molar refractivity (Wildman–Crippen MR) is 243 cm³/mol. The Balaban J connectivity index is 1.15. The molecule has 0 unspecified atom stereocenters. The molecule has 12 aromatic rings. The van der Waals surface area contributed by atoms with Gasteiger partial charge < -0.3 is 18.5 Å². The van der Waals surface area contributed by atoms with E-state index in [1.165, 1.54) is 21.8 Å². The van der Waals surface area contributed by atoms with Gasteiger partial charge in [-0.15, -0.1) is 0 Å². The maximum atomic E-state index is 6.83. The van der Waals surface area contributed by atoms with Crippen LogP contribution in [0, 0.1) is 0 Å². The number of hydrogen-bond acceptors (Lipinski definition) is 2. The molecule has 4 nitrogen and oxygen atoms in total. The molecule has 4 heteroatoms. The Hall–Kier alpha value is -7.82. The van der Waals surface area contributed by atoms with E-state index < -0.39 is 0 Å². The molecular formula is C54H35N3O. The van der Waals surface area contributed by atoms with Gasteiger partial charge in [-0.1, -0.05) is 121 Å². The summed E-state index contributed by atoms with van der Waals surface area (Å²) in [6.45, 7) is 0. The fourth-order valence-electron chi connectivity index (χ4n) is 9.17. The van der Waals surface area contributed by atoms with Gasteiger partial charge >= 0.3 is 0 Å². The lowest BCUT2D eigenvalue weighted by atomic mass is 9.97. The zero-order valence-electron chi connectivity index (χ0n) is 31.5. The normalized spacial score (nSPS) is 11.8. The van der Waals surface area contributed by atoms with Gasteiger partial charge in [0.15, 0.2) is 0 Å². The van der Waals surface area contributed by atoms with Crippen LogP contribution >= 0.6 is 0 Å². The van der Waals surface area contributed by atoms with Crippen LogP contribution in [-0.2, 0) is 0 Å². The van der Waals surface area contributed by atoms with Gasteiger partial charge in [-0.2, -0.15) is 0 Å². The molecule has 0 fully saturated rings. The number of benzene rings is 9. The summed E-state index contributed by atoms with van der Waals surface area (Å²) in [5.74, 6) is 0. The molecule has 0 radical (unpaired) electrons. The van der Waals surface area contributed by atoms with E-state index in [1.54, 1.807) is 0 Å². The lowest BCUT2D eigenvalue weighted by Gasteiger charge is -2.25. The Labute approximate surface area is 334 Å². The molecule has 3 heterocycles. The molecule has 0 aliphatic heterocycles. The number of nitrogens with zero attached hydrogens (tertiary/aromatic N) is 3. The minimum Gasteiger partial charge on any atom is -0.455 e. The topological polar surface area (TPSA) is 26.2 Å². The van der Waals surface area contributed by atoms with E-state index in [-0.39, 0.29) is 0 Å². The first-order valence-electron chi connectivity index (χ1n) is 19.8. The van der Waals surface area contributed by atoms with E-state index in [1.807, 2.05) is 0 Å². The Morgan fingerprint density at radius 1 is 0.362 bits per heavy atom. The summed E-state index contributed by atoms with van der Waals surface area (Å²) in [6, 6.07) is 76.0. The summed E-state index contributed by atoms with van der Waals surface area (Å²) in [7, 11) is 0. The van der Waals surface area contributed by atoms with Gasteiger partial charge in [0.05, 0.1) is 27.5 Å². The van der Waals surface area contributed by atoms with E-state index in [0.29, 0.717) is 0 Å². The van der Waals surface area contributed by atoms with Crippen molar-refractivity contribution in [2.45, 2.75) is 0 Å². The van der Waals surface area contributed by atoms with Crippen molar-refractivity contribution in [2.24, 2.45) is 0 Å². The average molecular weight is 742 g/mol. The van der Waals surface area contributed by atoms with Gasteiger partial charge in [0.1, 0.15) is 11.2 Å². The number of fused-ring (bicyclic) bond motifs is 10. The van der Waals surface area contributed by atoms with Crippen molar-refractivity contribution < 1.29 is 4.42 Å². The van der Waals surface area contributed by atoms with E-state index in [4.69, 9.17) is 4.42 Å². The van der Waals surface area contributed by atoms with Crippen molar-refractivity contribution in [3.8, 4) is 22.5 Å². The molecule has 0 N–H and O–H groups in total. The highest BCUT2D eigenvalue weighted by atomic mass is 16.3. The van der Waals surface area contributed by atoms with Crippen molar-refractivity contribution in [3.63, 3.8) is 0 Å². The quantitative estimate of drug-likeness (QED) is 0.170. The smallest absolute Gasteiger partial charge is 0.145 e. The summed E-state index contributed by atoms with van der Waals surface area (Å²) in [5.41, 5.74) is 14.2. The van der Waals surface area contributed by atoms with Crippen LogP contribution in [0.1, 0.15) is 0 Å². The standard InChI is InChI=1S/C54H35N3O/c1-4-16-37(17-5-1)55(38-18-6-2-7-19-38)40-29-31-41(32-30-40)57-49-26-14-11-24-45(49)52-53(57)46(35-47-44-23-12-15-27-51(44)58-54(47)52)36-28-33-43-42-22-10-13-25-48(42)56(50(43)34-36)39-20-8-3-9-21-39/h1-35H. The number of para-hydroxylation sites is 6. The molecule has 0 aliphatic carbocycles. The second kappa shape index (κ2) is 12.9. The minimum absolute atomic E-state index is 0.888. The largest absolute Gasteiger partial charge is 0.455 e. The van der Waals surface area contributed by atoms with Gasteiger partial charge in [-0.25, -0.2) is 0 Å². The second-order valence-corrected chi connectivity index (χ2v) is 14.9. The highest BCUT2D eigenvalue weighted by molar-refractivity contribution is 6.27. The number of furan rings is 1. The lowest BCUT2D eigenvalue weighted by Crippen LogP contribution is -2.09. The number of rotatable bonds is 6. The monoisotopic (exact) mass is 741 g/mol. The van der Waals surface area contributed by atoms with E-state index >= 15 is 0 Å². The van der Waals surface area contributed by atoms with Crippen molar-refractivity contribution in [1.82, 2.24) is 9.13 Å². The molecule has 0 atom stereocenters. The fraction of sp³-hybridized carbons (Fsp3) is 0. The average Bonchev–Trinajstić information content (AvgIpc) is 3.95. The van der Waals surface area contributed by atoms with Crippen molar-refractivity contribution in [1.29, 1.82) is 0 Å². The molecule has 0 bridgehead atoms. The Kier molecular flexibility index (Phi) is 7.20. The van der Waals surface area contributed by atoms with Gasteiger partial charge in [0.2, 0.25) is 0 Å². The maximum Gasteiger partial charge on any atom is 0.145 e. The van der Waals surface area contributed by atoms with Crippen LogP contribution in [0.15, 0.2) is 217 Å². The van der Waals surface area contributed by atoms with E-state index in [0.717, 1.165) is 83.3 Å². The van der Waals surface area contributed by atoms with Crippen molar-refractivity contribution >= 4 is 82.6 Å². The molecule has 0 saturated carbocycles. The van der Waals surface area contributed by atoms with E-state index in [2.05, 4.69) is 226 Å². The first kappa shape index (κ1) is 32.4. The Morgan fingerprint density at radius 2 is 0.897 bits per heavy atom. The molecule has 58 heavy (non-hydrogen) atoms.